The maximum Gasteiger partial charge on any atom is 0.401 e. The lowest BCUT2D eigenvalue weighted by molar-refractivity contribution is -0.144. The zero-order valence-corrected chi connectivity index (χ0v) is 8.32. The summed E-state index contributed by atoms with van der Waals surface area (Å²) in [6, 6.07) is 0. The van der Waals surface area contributed by atoms with Gasteiger partial charge in [0.25, 0.3) is 0 Å². The van der Waals surface area contributed by atoms with Gasteiger partial charge in [-0.25, -0.2) is 4.98 Å². The number of thiazole rings is 1. The van der Waals surface area contributed by atoms with E-state index in [0.29, 0.717) is 10.8 Å². The molecule has 2 N–H and O–H groups in total. The highest BCUT2D eigenvalue weighted by molar-refractivity contribution is 7.13. The molecule has 0 amide bonds. The molecule has 1 aromatic rings. The van der Waals surface area contributed by atoms with Crippen molar-refractivity contribution in [2.24, 2.45) is 0 Å². The number of alkyl halides is 3. The van der Waals surface area contributed by atoms with Crippen LogP contribution in [0.4, 0.5) is 18.3 Å². The van der Waals surface area contributed by atoms with E-state index in [0.717, 1.165) is 4.90 Å². The molecule has 0 unspecified atom stereocenters. The molecule has 0 spiro atoms. The topological polar surface area (TPSA) is 42.1 Å². The van der Waals surface area contributed by atoms with Crippen molar-refractivity contribution in [2.45, 2.75) is 12.7 Å². The van der Waals surface area contributed by atoms with Gasteiger partial charge in [0, 0.05) is 11.9 Å². The largest absolute Gasteiger partial charge is 0.401 e. The molecule has 0 aromatic carbocycles. The first-order valence-corrected chi connectivity index (χ1v) is 4.70. The molecule has 0 saturated carbocycles. The van der Waals surface area contributed by atoms with E-state index in [1.54, 1.807) is 5.38 Å². The molecular weight excluding hydrogens is 215 g/mol. The summed E-state index contributed by atoms with van der Waals surface area (Å²) in [5.74, 6) is 0. The van der Waals surface area contributed by atoms with Gasteiger partial charge in [-0.2, -0.15) is 13.2 Å². The zero-order chi connectivity index (χ0) is 10.8. The number of nitrogens with two attached hydrogens (primary N) is 1. The number of anilines is 1. The van der Waals surface area contributed by atoms with E-state index in [2.05, 4.69) is 4.98 Å². The Hall–Kier alpha value is -0.820. The maximum absolute atomic E-state index is 11.9. The fourth-order valence-electron chi connectivity index (χ4n) is 1.03. The first-order chi connectivity index (χ1) is 6.37. The summed E-state index contributed by atoms with van der Waals surface area (Å²) in [6.07, 6.45) is -4.17. The highest BCUT2D eigenvalue weighted by atomic mass is 32.1. The number of aromatic nitrogens is 1. The molecule has 80 valence electrons. The lowest BCUT2D eigenvalue weighted by Gasteiger charge is -2.16. The van der Waals surface area contributed by atoms with Gasteiger partial charge in [-0.1, -0.05) is 0 Å². The van der Waals surface area contributed by atoms with Gasteiger partial charge < -0.3 is 5.73 Å². The molecule has 0 aliphatic heterocycles. The summed E-state index contributed by atoms with van der Waals surface area (Å²) >= 11 is 1.22. The third-order valence-corrected chi connectivity index (χ3v) is 2.17. The summed E-state index contributed by atoms with van der Waals surface area (Å²) in [5.41, 5.74) is 5.92. The summed E-state index contributed by atoms with van der Waals surface area (Å²) < 4.78 is 35.8. The van der Waals surface area contributed by atoms with Gasteiger partial charge in [0.15, 0.2) is 5.13 Å². The van der Waals surface area contributed by atoms with E-state index in [9.17, 15) is 13.2 Å². The van der Waals surface area contributed by atoms with Crippen molar-refractivity contribution < 1.29 is 13.2 Å². The van der Waals surface area contributed by atoms with Crippen LogP contribution in [0.3, 0.4) is 0 Å². The number of rotatable bonds is 3. The van der Waals surface area contributed by atoms with Gasteiger partial charge >= 0.3 is 6.18 Å². The van der Waals surface area contributed by atoms with Crippen LogP contribution >= 0.6 is 11.3 Å². The fourth-order valence-corrected chi connectivity index (χ4v) is 1.59. The Labute approximate surface area is 83.3 Å². The Bertz CT molecular complexity index is 297. The number of nitrogens with zero attached hydrogens (tertiary/aromatic N) is 2. The minimum Gasteiger partial charge on any atom is -0.375 e. The Kier molecular flexibility index (Phi) is 3.33. The summed E-state index contributed by atoms with van der Waals surface area (Å²) in [6.45, 7) is -0.780. The predicted octanol–water partition coefficient (Wildman–Crippen LogP) is 1.72. The summed E-state index contributed by atoms with van der Waals surface area (Å²) in [4.78, 5) is 5.02. The third kappa shape index (κ3) is 3.93. The molecule has 1 heterocycles. The molecule has 0 aliphatic carbocycles. The van der Waals surface area contributed by atoms with Crippen LogP contribution in [0.15, 0.2) is 5.38 Å². The molecule has 0 fully saturated rings. The molecular formula is C7H10F3N3S. The SMILES string of the molecule is CN(Cc1csc(N)n1)CC(F)(F)F. The van der Waals surface area contributed by atoms with Crippen molar-refractivity contribution in [1.82, 2.24) is 9.88 Å². The maximum atomic E-state index is 11.9. The van der Waals surface area contributed by atoms with E-state index in [-0.39, 0.29) is 6.54 Å². The Morgan fingerprint density at radius 3 is 2.64 bits per heavy atom. The van der Waals surface area contributed by atoms with Crippen molar-refractivity contribution in [3.63, 3.8) is 0 Å². The van der Waals surface area contributed by atoms with Crippen molar-refractivity contribution in [1.29, 1.82) is 0 Å². The Morgan fingerprint density at radius 2 is 2.21 bits per heavy atom. The first-order valence-electron chi connectivity index (χ1n) is 3.82. The molecule has 7 heteroatoms. The van der Waals surface area contributed by atoms with Gasteiger partial charge in [-0.3, -0.25) is 4.90 Å². The van der Waals surface area contributed by atoms with E-state index < -0.39 is 12.7 Å². The second kappa shape index (κ2) is 4.14. The quantitative estimate of drug-likeness (QED) is 0.851. The number of nitrogen functional groups attached to an aromatic ring is 1. The minimum absolute atomic E-state index is 0.160. The van der Waals surface area contributed by atoms with Crippen LogP contribution in [0.5, 0.6) is 0 Å². The molecule has 0 atom stereocenters. The lowest BCUT2D eigenvalue weighted by Crippen LogP contribution is -2.30. The summed E-state index contributed by atoms with van der Waals surface area (Å²) in [5, 5.41) is 2.03. The van der Waals surface area contributed by atoms with E-state index in [1.807, 2.05) is 0 Å². The lowest BCUT2D eigenvalue weighted by atomic mass is 10.4. The van der Waals surface area contributed by atoms with E-state index in [4.69, 9.17) is 5.73 Å². The van der Waals surface area contributed by atoms with Crippen molar-refractivity contribution in [3.05, 3.63) is 11.1 Å². The monoisotopic (exact) mass is 225 g/mol. The van der Waals surface area contributed by atoms with Gasteiger partial charge in [0.2, 0.25) is 0 Å². The fraction of sp³-hybridized carbons (Fsp3) is 0.571. The van der Waals surface area contributed by atoms with Crippen molar-refractivity contribution in [2.75, 3.05) is 19.3 Å². The van der Waals surface area contributed by atoms with Crippen LogP contribution in [0, 0.1) is 0 Å². The predicted molar refractivity (Wildman–Crippen MR) is 48.9 cm³/mol. The van der Waals surface area contributed by atoms with Crippen molar-refractivity contribution >= 4 is 16.5 Å². The zero-order valence-electron chi connectivity index (χ0n) is 7.51. The normalized spacial score (nSPS) is 12.4. The van der Waals surface area contributed by atoms with Crippen LogP contribution in [0.25, 0.3) is 0 Å². The molecule has 1 aromatic heterocycles. The molecule has 0 aliphatic rings. The van der Waals surface area contributed by atoms with E-state index >= 15 is 0 Å². The van der Waals surface area contributed by atoms with Crippen LogP contribution in [-0.4, -0.2) is 29.7 Å². The average Bonchev–Trinajstić information content (AvgIpc) is 2.30. The second-order valence-electron chi connectivity index (χ2n) is 2.96. The Balaban J connectivity index is 2.45. The minimum atomic E-state index is -4.17. The van der Waals surface area contributed by atoms with Gasteiger partial charge in [-0.05, 0) is 7.05 Å². The van der Waals surface area contributed by atoms with Crippen LogP contribution in [0.2, 0.25) is 0 Å². The van der Waals surface area contributed by atoms with Crippen LogP contribution in [-0.2, 0) is 6.54 Å². The molecule has 0 bridgehead atoms. The van der Waals surface area contributed by atoms with Gasteiger partial charge in [0.05, 0.1) is 12.2 Å². The average molecular weight is 225 g/mol. The molecule has 0 saturated heterocycles. The highest BCUT2D eigenvalue weighted by Crippen LogP contribution is 2.18. The number of hydrogen-bond acceptors (Lipinski definition) is 4. The molecule has 0 radical (unpaired) electrons. The smallest absolute Gasteiger partial charge is 0.375 e. The van der Waals surface area contributed by atoms with Crippen molar-refractivity contribution in [3.8, 4) is 0 Å². The Morgan fingerprint density at radius 1 is 1.57 bits per heavy atom. The summed E-state index contributed by atoms with van der Waals surface area (Å²) in [7, 11) is 1.39. The molecule has 3 nitrogen and oxygen atoms in total. The van der Waals surface area contributed by atoms with Gasteiger partial charge in [0.1, 0.15) is 0 Å². The molecule has 14 heavy (non-hydrogen) atoms. The molecule has 1 rings (SSSR count). The number of halogens is 3. The standard InChI is InChI=1S/C7H10F3N3S/c1-13(4-7(8,9)10)2-5-3-14-6(11)12-5/h3H,2,4H2,1H3,(H2,11,12). The number of hydrogen-bond donors (Lipinski definition) is 1. The van der Waals surface area contributed by atoms with Crippen LogP contribution < -0.4 is 5.73 Å². The third-order valence-electron chi connectivity index (χ3n) is 1.45. The van der Waals surface area contributed by atoms with Crippen LogP contribution in [0.1, 0.15) is 5.69 Å². The second-order valence-corrected chi connectivity index (χ2v) is 3.85. The van der Waals surface area contributed by atoms with Gasteiger partial charge in [-0.15, -0.1) is 11.3 Å². The highest BCUT2D eigenvalue weighted by Gasteiger charge is 2.29. The van der Waals surface area contributed by atoms with E-state index in [1.165, 1.54) is 18.4 Å². The first kappa shape index (κ1) is 11.3.